The van der Waals surface area contributed by atoms with E-state index in [2.05, 4.69) is 21.8 Å². The fourth-order valence-corrected chi connectivity index (χ4v) is 4.42. The minimum Gasteiger partial charge on any atom is -0.354 e. The molecule has 142 valence electrons. The summed E-state index contributed by atoms with van der Waals surface area (Å²) in [4.78, 5) is 18.0. The molecule has 3 rings (SSSR count). The van der Waals surface area contributed by atoms with Gasteiger partial charge in [0.15, 0.2) is 0 Å². The number of amides is 1. The van der Waals surface area contributed by atoms with E-state index in [-0.39, 0.29) is 10.8 Å². The Bertz CT molecular complexity index is 934. The zero-order valence-corrected chi connectivity index (χ0v) is 15.9. The molecule has 0 radical (unpaired) electrons. The Morgan fingerprint density at radius 3 is 2.41 bits per heavy atom. The average molecular weight is 386 g/mol. The Kier molecular flexibility index (Phi) is 5.57. The second-order valence-electron chi connectivity index (χ2n) is 6.25. The summed E-state index contributed by atoms with van der Waals surface area (Å²) >= 11 is 0. The number of piperazine rings is 1. The van der Waals surface area contributed by atoms with Crippen LogP contribution in [0.1, 0.15) is 5.56 Å². The Hall–Kier alpha value is -2.71. The van der Waals surface area contributed by atoms with Crippen LogP contribution in [0.2, 0.25) is 0 Å². The summed E-state index contributed by atoms with van der Waals surface area (Å²) in [5.41, 5.74) is 1.60. The van der Waals surface area contributed by atoms with E-state index in [9.17, 15) is 13.2 Å². The van der Waals surface area contributed by atoms with Crippen molar-refractivity contribution in [2.45, 2.75) is 11.8 Å². The van der Waals surface area contributed by atoms with Gasteiger partial charge in [-0.25, -0.2) is 13.4 Å². The first kappa shape index (κ1) is 19.1. The van der Waals surface area contributed by atoms with Crippen molar-refractivity contribution in [3.8, 4) is 0 Å². The highest BCUT2D eigenvalue weighted by molar-refractivity contribution is 7.89. The number of hydrogen-bond donors (Lipinski definition) is 1. The third-order valence-corrected chi connectivity index (χ3v) is 6.38. The van der Waals surface area contributed by atoms with Crippen molar-refractivity contribution >= 4 is 27.4 Å². The fourth-order valence-electron chi connectivity index (χ4n) is 3.00. The molecule has 1 saturated heterocycles. The standard InChI is InChI=1S/C19H22N4O3S/c1-3-18(24)21-16-6-8-17(9-7-16)27(25,26)23-13-11-22(12-14-23)19-15(2)5-4-10-20-19/h3-10H,1,11-14H2,2H3,(H,21,24). The number of nitrogens with one attached hydrogen (secondary N) is 1. The SMILES string of the molecule is C=CC(=O)Nc1ccc(S(=O)(=O)N2CCN(c3ncccc3C)CC2)cc1. The maximum atomic E-state index is 12.9. The van der Waals surface area contributed by atoms with Gasteiger partial charge in [0.2, 0.25) is 15.9 Å². The van der Waals surface area contributed by atoms with Gasteiger partial charge in [-0.1, -0.05) is 12.6 Å². The topological polar surface area (TPSA) is 82.6 Å². The summed E-state index contributed by atoms with van der Waals surface area (Å²) in [5.74, 6) is 0.559. The molecule has 1 aliphatic heterocycles. The average Bonchev–Trinajstić information content (AvgIpc) is 2.69. The second kappa shape index (κ2) is 7.89. The zero-order chi connectivity index (χ0) is 19.4. The van der Waals surface area contributed by atoms with Gasteiger partial charge >= 0.3 is 0 Å². The van der Waals surface area contributed by atoms with Gasteiger partial charge in [-0.15, -0.1) is 0 Å². The lowest BCUT2D eigenvalue weighted by atomic mass is 10.2. The number of aryl methyl sites for hydroxylation is 1. The van der Waals surface area contributed by atoms with Crippen LogP contribution in [0.3, 0.4) is 0 Å². The van der Waals surface area contributed by atoms with Crippen molar-refractivity contribution in [1.82, 2.24) is 9.29 Å². The summed E-state index contributed by atoms with van der Waals surface area (Å²) in [6.45, 7) is 7.35. The molecule has 1 fully saturated rings. The predicted octanol–water partition coefficient (Wildman–Crippen LogP) is 2.03. The van der Waals surface area contributed by atoms with Gasteiger partial charge in [-0.2, -0.15) is 4.31 Å². The highest BCUT2D eigenvalue weighted by Crippen LogP contribution is 2.23. The predicted molar refractivity (Wildman–Crippen MR) is 105 cm³/mol. The van der Waals surface area contributed by atoms with Crippen LogP contribution in [0, 0.1) is 6.92 Å². The van der Waals surface area contributed by atoms with Crippen molar-refractivity contribution in [2.75, 3.05) is 36.4 Å². The van der Waals surface area contributed by atoms with Gasteiger partial charge in [0.05, 0.1) is 4.90 Å². The molecular weight excluding hydrogens is 364 g/mol. The number of sulfonamides is 1. The van der Waals surface area contributed by atoms with E-state index in [0.717, 1.165) is 17.5 Å². The normalized spacial score (nSPS) is 15.4. The molecule has 27 heavy (non-hydrogen) atoms. The van der Waals surface area contributed by atoms with Crippen molar-refractivity contribution in [2.24, 2.45) is 0 Å². The molecule has 1 N–H and O–H groups in total. The first-order valence-corrected chi connectivity index (χ1v) is 10.1. The molecule has 0 aliphatic carbocycles. The molecule has 2 aromatic rings. The van der Waals surface area contributed by atoms with Crippen LogP contribution in [0.4, 0.5) is 11.5 Å². The summed E-state index contributed by atoms with van der Waals surface area (Å²) < 4.78 is 27.2. The molecule has 7 nitrogen and oxygen atoms in total. The largest absolute Gasteiger partial charge is 0.354 e. The Morgan fingerprint density at radius 1 is 1.15 bits per heavy atom. The number of pyridine rings is 1. The highest BCUT2D eigenvalue weighted by Gasteiger charge is 2.29. The van der Waals surface area contributed by atoms with E-state index in [1.165, 1.54) is 16.4 Å². The van der Waals surface area contributed by atoms with Crippen LogP contribution in [0.15, 0.2) is 60.1 Å². The van der Waals surface area contributed by atoms with Crippen molar-refractivity contribution in [3.63, 3.8) is 0 Å². The maximum Gasteiger partial charge on any atom is 0.247 e. The zero-order valence-electron chi connectivity index (χ0n) is 15.1. The van der Waals surface area contributed by atoms with Crippen LogP contribution in [0.5, 0.6) is 0 Å². The van der Waals surface area contributed by atoms with E-state index in [0.29, 0.717) is 31.9 Å². The molecule has 2 heterocycles. The van der Waals surface area contributed by atoms with E-state index < -0.39 is 10.0 Å². The lowest BCUT2D eigenvalue weighted by Gasteiger charge is -2.35. The van der Waals surface area contributed by atoms with Crippen molar-refractivity contribution in [1.29, 1.82) is 0 Å². The molecule has 8 heteroatoms. The van der Waals surface area contributed by atoms with E-state index in [4.69, 9.17) is 0 Å². The number of carbonyl (C=O) groups excluding carboxylic acids is 1. The molecule has 0 atom stereocenters. The summed E-state index contributed by atoms with van der Waals surface area (Å²) in [5, 5.41) is 2.60. The maximum absolute atomic E-state index is 12.9. The molecule has 1 amide bonds. The number of rotatable bonds is 5. The Morgan fingerprint density at radius 2 is 1.81 bits per heavy atom. The van der Waals surface area contributed by atoms with Crippen LogP contribution in [0.25, 0.3) is 0 Å². The van der Waals surface area contributed by atoms with E-state index in [1.807, 2.05) is 19.1 Å². The van der Waals surface area contributed by atoms with E-state index >= 15 is 0 Å². The van der Waals surface area contributed by atoms with E-state index in [1.54, 1.807) is 18.3 Å². The van der Waals surface area contributed by atoms with Crippen molar-refractivity contribution in [3.05, 3.63) is 60.8 Å². The van der Waals surface area contributed by atoms with Crippen LogP contribution in [-0.2, 0) is 14.8 Å². The van der Waals surface area contributed by atoms with Gasteiger partial charge in [-0.3, -0.25) is 4.79 Å². The second-order valence-corrected chi connectivity index (χ2v) is 8.19. The number of carbonyl (C=O) groups is 1. The molecular formula is C19H22N4O3S. The van der Waals surface area contributed by atoms with Crippen LogP contribution < -0.4 is 10.2 Å². The van der Waals surface area contributed by atoms with Gasteiger partial charge in [0.25, 0.3) is 0 Å². The number of nitrogens with zero attached hydrogens (tertiary/aromatic N) is 3. The van der Waals surface area contributed by atoms with Crippen LogP contribution >= 0.6 is 0 Å². The minimum absolute atomic E-state index is 0.210. The lowest BCUT2D eigenvalue weighted by molar-refractivity contribution is -0.111. The van der Waals surface area contributed by atoms with Gasteiger partial charge < -0.3 is 10.2 Å². The van der Waals surface area contributed by atoms with Crippen molar-refractivity contribution < 1.29 is 13.2 Å². The smallest absolute Gasteiger partial charge is 0.247 e. The summed E-state index contributed by atoms with van der Waals surface area (Å²) in [6, 6.07) is 10.0. The summed E-state index contributed by atoms with van der Waals surface area (Å²) in [7, 11) is -3.58. The number of anilines is 2. The quantitative estimate of drug-likeness (QED) is 0.795. The molecule has 1 aromatic heterocycles. The number of aromatic nitrogens is 1. The number of hydrogen-bond acceptors (Lipinski definition) is 5. The fraction of sp³-hybridized carbons (Fsp3) is 0.263. The third kappa shape index (κ3) is 4.17. The monoisotopic (exact) mass is 386 g/mol. The molecule has 0 bridgehead atoms. The number of benzene rings is 1. The molecule has 1 aliphatic rings. The third-order valence-electron chi connectivity index (χ3n) is 4.47. The molecule has 1 aromatic carbocycles. The Balaban J connectivity index is 1.69. The van der Waals surface area contributed by atoms with Crippen LogP contribution in [-0.4, -0.2) is 49.8 Å². The summed E-state index contributed by atoms with van der Waals surface area (Å²) in [6.07, 6.45) is 2.91. The van der Waals surface area contributed by atoms with Gasteiger partial charge in [-0.05, 0) is 48.9 Å². The lowest BCUT2D eigenvalue weighted by Crippen LogP contribution is -2.49. The molecule has 0 saturated carbocycles. The molecule has 0 unspecified atom stereocenters. The van der Waals surface area contributed by atoms with Gasteiger partial charge in [0.1, 0.15) is 5.82 Å². The highest BCUT2D eigenvalue weighted by atomic mass is 32.2. The minimum atomic E-state index is -3.58. The van der Waals surface area contributed by atoms with Gasteiger partial charge in [0, 0.05) is 38.1 Å². The molecule has 0 spiro atoms. The first-order chi connectivity index (χ1) is 12.9. The Labute approximate surface area is 159 Å². The first-order valence-electron chi connectivity index (χ1n) is 8.62.